The summed E-state index contributed by atoms with van der Waals surface area (Å²) in [4.78, 5) is 22.7. The molecular formula is C18H20N2O6. The Hall–Kier alpha value is -3.29. The fourth-order valence-electron chi connectivity index (χ4n) is 2.13. The molecule has 8 heteroatoms. The number of carbonyl (C=O) groups excluding carboxylic acids is 1. The topological polar surface area (TPSA) is 99.9 Å². The number of nitro groups is 1. The smallest absolute Gasteiger partial charge is 0.314 e. The zero-order chi connectivity index (χ0) is 18.9. The van der Waals surface area contributed by atoms with Gasteiger partial charge in [0.25, 0.3) is 5.91 Å². The first kappa shape index (κ1) is 19.0. The van der Waals surface area contributed by atoms with Gasteiger partial charge >= 0.3 is 5.69 Å². The molecule has 2 rings (SSSR count). The van der Waals surface area contributed by atoms with Gasteiger partial charge in [-0.2, -0.15) is 0 Å². The van der Waals surface area contributed by atoms with Crippen LogP contribution < -0.4 is 19.5 Å². The molecule has 1 N–H and O–H groups in total. The lowest BCUT2D eigenvalue weighted by molar-refractivity contribution is -0.385. The summed E-state index contributed by atoms with van der Waals surface area (Å²) in [7, 11) is 1.41. The molecule has 2 aromatic carbocycles. The summed E-state index contributed by atoms with van der Waals surface area (Å²) in [6, 6.07) is 11.2. The summed E-state index contributed by atoms with van der Waals surface area (Å²) in [5.41, 5.74) is 0.239. The van der Waals surface area contributed by atoms with Crippen molar-refractivity contribution in [3.05, 3.63) is 52.6 Å². The molecule has 0 aliphatic carbocycles. The molecule has 0 saturated carbocycles. The van der Waals surface area contributed by atoms with E-state index in [-0.39, 0.29) is 18.0 Å². The average molecular weight is 360 g/mol. The third-order valence-corrected chi connectivity index (χ3v) is 3.34. The first-order valence-electron chi connectivity index (χ1n) is 8.02. The van der Waals surface area contributed by atoms with Crippen LogP contribution in [0.25, 0.3) is 0 Å². The largest absolute Gasteiger partial charge is 0.496 e. The van der Waals surface area contributed by atoms with Gasteiger partial charge in [0.15, 0.2) is 12.4 Å². The van der Waals surface area contributed by atoms with Crippen LogP contribution in [-0.2, 0) is 4.79 Å². The number of benzene rings is 2. The van der Waals surface area contributed by atoms with Gasteiger partial charge in [-0.1, -0.05) is 19.1 Å². The summed E-state index contributed by atoms with van der Waals surface area (Å²) in [5, 5.41) is 13.8. The van der Waals surface area contributed by atoms with Crippen molar-refractivity contribution in [2.45, 2.75) is 13.3 Å². The van der Waals surface area contributed by atoms with Gasteiger partial charge in [-0.15, -0.1) is 0 Å². The quantitative estimate of drug-likeness (QED) is 0.543. The molecule has 138 valence electrons. The fraction of sp³-hybridized carbons (Fsp3) is 0.278. The minimum absolute atomic E-state index is 0.0125. The summed E-state index contributed by atoms with van der Waals surface area (Å²) in [6.45, 7) is 2.13. The maximum atomic E-state index is 12.1. The number of anilines is 1. The maximum Gasteiger partial charge on any atom is 0.314 e. The van der Waals surface area contributed by atoms with Crippen LogP contribution in [0.2, 0.25) is 0 Å². The monoisotopic (exact) mass is 360 g/mol. The van der Waals surface area contributed by atoms with Crippen LogP contribution >= 0.6 is 0 Å². The van der Waals surface area contributed by atoms with Crippen molar-refractivity contribution in [3.8, 4) is 17.2 Å². The first-order chi connectivity index (χ1) is 12.5. The van der Waals surface area contributed by atoms with Crippen molar-refractivity contribution in [1.82, 2.24) is 0 Å². The number of amides is 1. The number of hydrogen-bond donors (Lipinski definition) is 1. The molecule has 1 amide bonds. The Morgan fingerprint density at radius 3 is 2.62 bits per heavy atom. The van der Waals surface area contributed by atoms with Gasteiger partial charge in [0.1, 0.15) is 11.5 Å². The lowest BCUT2D eigenvalue weighted by Gasteiger charge is -2.12. The van der Waals surface area contributed by atoms with Gasteiger partial charge in [0, 0.05) is 0 Å². The number of rotatable bonds is 9. The van der Waals surface area contributed by atoms with Gasteiger partial charge in [-0.3, -0.25) is 14.9 Å². The van der Waals surface area contributed by atoms with E-state index in [9.17, 15) is 14.9 Å². The van der Waals surface area contributed by atoms with Crippen LogP contribution in [0, 0.1) is 10.1 Å². The predicted octanol–water partition coefficient (Wildman–Crippen LogP) is 3.41. The van der Waals surface area contributed by atoms with E-state index in [2.05, 4.69) is 5.32 Å². The molecular weight excluding hydrogens is 340 g/mol. The fourth-order valence-corrected chi connectivity index (χ4v) is 2.13. The van der Waals surface area contributed by atoms with Gasteiger partial charge < -0.3 is 19.5 Å². The highest BCUT2D eigenvalue weighted by atomic mass is 16.6. The van der Waals surface area contributed by atoms with Gasteiger partial charge in [0.05, 0.1) is 30.4 Å². The van der Waals surface area contributed by atoms with Crippen molar-refractivity contribution in [2.24, 2.45) is 0 Å². The summed E-state index contributed by atoms with van der Waals surface area (Å²) >= 11 is 0. The highest BCUT2D eigenvalue weighted by Crippen LogP contribution is 2.31. The molecule has 0 aliphatic rings. The third-order valence-electron chi connectivity index (χ3n) is 3.34. The van der Waals surface area contributed by atoms with Crippen LogP contribution in [-0.4, -0.2) is 31.2 Å². The molecule has 0 aliphatic heterocycles. The van der Waals surface area contributed by atoms with Crippen molar-refractivity contribution in [2.75, 3.05) is 25.6 Å². The number of nitrogens with one attached hydrogen (secondary N) is 1. The van der Waals surface area contributed by atoms with E-state index in [1.165, 1.54) is 25.3 Å². The predicted molar refractivity (Wildman–Crippen MR) is 96.0 cm³/mol. The molecule has 26 heavy (non-hydrogen) atoms. The van der Waals surface area contributed by atoms with Crippen LogP contribution in [0.1, 0.15) is 13.3 Å². The second kappa shape index (κ2) is 9.26. The van der Waals surface area contributed by atoms with E-state index in [4.69, 9.17) is 14.2 Å². The summed E-state index contributed by atoms with van der Waals surface area (Å²) in [5.74, 6) is 0.415. The Kier molecular flexibility index (Phi) is 6.78. The van der Waals surface area contributed by atoms with Crippen LogP contribution in [0.4, 0.5) is 11.4 Å². The molecule has 0 bridgehead atoms. The first-order valence-corrected chi connectivity index (χ1v) is 8.02. The SMILES string of the molecule is CCCOc1ccccc1NC(=O)COc1ccc(OC)cc1[N+](=O)[O-]. The van der Waals surface area contributed by atoms with E-state index in [1.54, 1.807) is 24.3 Å². The van der Waals surface area contributed by atoms with E-state index in [1.807, 2.05) is 6.92 Å². The number of hydrogen-bond acceptors (Lipinski definition) is 6. The normalized spacial score (nSPS) is 10.1. The Morgan fingerprint density at radius 1 is 1.15 bits per heavy atom. The van der Waals surface area contributed by atoms with E-state index < -0.39 is 10.8 Å². The number of para-hydroxylation sites is 2. The molecule has 0 fully saturated rings. The number of ether oxygens (including phenoxy) is 3. The van der Waals surface area contributed by atoms with Gasteiger partial charge in [0.2, 0.25) is 0 Å². The van der Waals surface area contributed by atoms with Gasteiger partial charge in [-0.25, -0.2) is 0 Å². The standard InChI is InChI=1S/C18H20N2O6/c1-3-10-25-16-7-5-4-6-14(16)19-18(21)12-26-17-9-8-13(24-2)11-15(17)20(22)23/h4-9,11H,3,10,12H2,1-2H3,(H,19,21). The molecule has 0 unspecified atom stereocenters. The molecule has 0 spiro atoms. The number of nitrogens with zero attached hydrogens (tertiary/aromatic N) is 1. The lowest BCUT2D eigenvalue weighted by Crippen LogP contribution is -2.21. The Labute approximate surface area is 150 Å². The van der Waals surface area contributed by atoms with Crippen LogP contribution in [0.5, 0.6) is 17.2 Å². The lowest BCUT2D eigenvalue weighted by atomic mass is 10.2. The van der Waals surface area contributed by atoms with Gasteiger partial charge in [-0.05, 0) is 30.7 Å². The summed E-state index contributed by atoms with van der Waals surface area (Å²) < 4.78 is 15.8. The zero-order valence-electron chi connectivity index (χ0n) is 14.6. The number of methoxy groups -OCH3 is 1. The van der Waals surface area contributed by atoms with E-state index in [0.29, 0.717) is 23.8 Å². The van der Waals surface area contributed by atoms with Crippen LogP contribution in [0.15, 0.2) is 42.5 Å². The Balaban J connectivity index is 2.03. The average Bonchev–Trinajstić information content (AvgIpc) is 2.65. The van der Waals surface area contributed by atoms with E-state index >= 15 is 0 Å². The zero-order valence-corrected chi connectivity index (χ0v) is 14.6. The molecule has 0 heterocycles. The third kappa shape index (κ3) is 5.10. The van der Waals surface area contributed by atoms with Crippen molar-refractivity contribution >= 4 is 17.3 Å². The molecule has 0 aromatic heterocycles. The minimum atomic E-state index is -0.594. The number of nitro benzene ring substituents is 1. The number of carbonyl (C=O) groups is 1. The van der Waals surface area contributed by atoms with Crippen molar-refractivity contribution in [1.29, 1.82) is 0 Å². The Morgan fingerprint density at radius 2 is 1.92 bits per heavy atom. The molecule has 2 aromatic rings. The molecule has 0 saturated heterocycles. The molecule has 0 atom stereocenters. The second-order valence-corrected chi connectivity index (χ2v) is 5.27. The Bertz CT molecular complexity index is 778. The second-order valence-electron chi connectivity index (χ2n) is 5.27. The molecule has 8 nitrogen and oxygen atoms in total. The maximum absolute atomic E-state index is 12.1. The molecule has 0 radical (unpaired) electrons. The summed E-state index contributed by atoms with van der Waals surface area (Å²) in [6.07, 6.45) is 0.840. The highest BCUT2D eigenvalue weighted by Gasteiger charge is 2.18. The van der Waals surface area contributed by atoms with Crippen molar-refractivity contribution in [3.63, 3.8) is 0 Å². The van der Waals surface area contributed by atoms with E-state index in [0.717, 1.165) is 6.42 Å². The highest BCUT2D eigenvalue weighted by molar-refractivity contribution is 5.93. The van der Waals surface area contributed by atoms with Crippen molar-refractivity contribution < 1.29 is 23.9 Å². The van der Waals surface area contributed by atoms with Crippen LogP contribution in [0.3, 0.4) is 0 Å². The minimum Gasteiger partial charge on any atom is -0.496 e.